The highest BCUT2D eigenvalue weighted by atomic mass is 35.5. The Labute approximate surface area is 148 Å². The number of benzene rings is 2. The molecule has 1 heterocycles. The van der Waals surface area contributed by atoms with E-state index in [9.17, 15) is 9.90 Å². The third kappa shape index (κ3) is 2.88. The zero-order valence-corrected chi connectivity index (χ0v) is 14.3. The second-order valence-corrected chi connectivity index (χ2v) is 5.93. The van der Waals surface area contributed by atoms with Gasteiger partial charge in [0.25, 0.3) is 0 Å². The molecule has 0 aliphatic heterocycles. The molecule has 0 aliphatic rings. The molecule has 2 aromatic carbocycles. The van der Waals surface area contributed by atoms with Crippen molar-refractivity contribution in [1.29, 1.82) is 0 Å². The van der Waals surface area contributed by atoms with Crippen LogP contribution in [0.2, 0.25) is 10.0 Å². The molecule has 1 unspecified atom stereocenters. The highest BCUT2D eigenvalue weighted by Gasteiger charge is 2.28. The molecule has 0 radical (unpaired) electrons. The lowest BCUT2D eigenvalue weighted by Crippen LogP contribution is -2.17. The molecule has 0 spiro atoms. The second-order valence-electron chi connectivity index (χ2n) is 5.12. The van der Waals surface area contributed by atoms with Crippen LogP contribution in [0.15, 0.2) is 51.7 Å². The molecule has 3 aromatic rings. The quantitative estimate of drug-likeness (QED) is 0.666. The maximum atomic E-state index is 12.5. The van der Waals surface area contributed by atoms with Crippen molar-refractivity contribution in [3.8, 4) is 5.75 Å². The van der Waals surface area contributed by atoms with Gasteiger partial charge < -0.3 is 14.3 Å². The summed E-state index contributed by atoms with van der Waals surface area (Å²) in [5, 5.41) is 11.7. The van der Waals surface area contributed by atoms with E-state index < -0.39 is 11.7 Å². The normalized spacial score (nSPS) is 12.5. The largest absolute Gasteiger partial charge is 0.506 e. The second kappa shape index (κ2) is 6.85. The van der Waals surface area contributed by atoms with Crippen LogP contribution in [0.5, 0.6) is 5.75 Å². The average Bonchev–Trinajstić information content (AvgIpc) is 2.54. The molecule has 6 heteroatoms. The fourth-order valence-electron chi connectivity index (χ4n) is 2.62. The highest BCUT2D eigenvalue weighted by Crippen LogP contribution is 2.40. The van der Waals surface area contributed by atoms with Crippen LogP contribution in [0.1, 0.15) is 24.2 Å². The molecule has 124 valence electrons. The molecule has 0 bridgehead atoms. The van der Waals surface area contributed by atoms with E-state index in [0.717, 1.165) is 0 Å². The number of aromatic hydroxyl groups is 1. The van der Waals surface area contributed by atoms with E-state index in [1.807, 2.05) is 0 Å². The summed E-state index contributed by atoms with van der Waals surface area (Å²) >= 11 is 12.5. The zero-order chi connectivity index (χ0) is 17.3. The van der Waals surface area contributed by atoms with Crippen molar-refractivity contribution >= 4 is 34.2 Å². The molecule has 1 N–H and O–H groups in total. The highest BCUT2D eigenvalue weighted by molar-refractivity contribution is 6.36. The van der Waals surface area contributed by atoms with Crippen LogP contribution in [0.3, 0.4) is 0 Å². The lowest BCUT2D eigenvalue weighted by atomic mass is 10.00. The number of halogens is 2. The van der Waals surface area contributed by atoms with Crippen LogP contribution in [-0.4, -0.2) is 11.7 Å². The molecular weight excluding hydrogens is 351 g/mol. The number of fused-ring (bicyclic) bond motifs is 1. The van der Waals surface area contributed by atoms with Crippen LogP contribution in [0.4, 0.5) is 0 Å². The van der Waals surface area contributed by atoms with Gasteiger partial charge in [-0.1, -0.05) is 41.4 Å². The van der Waals surface area contributed by atoms with E-state index in [4.69, 9.17) is 32.4 Å². The summed E-state index contributed by atoms with van der Waals surface area (Å²) in [5.74, 6) is -0.198. The van der Waals surface area contributed by atoms with Gasteiger partial charge in [-0.05, 0) is 31.2 Å². The molecular formula is C18H14Cl2O4. The summed E-state index contributed by atoms with van der Waals surface area (Å²) in [6.07, 6.45) is -0.933. The van der Waals surface area contributed by atoms with E-state index in [2.05, 4.69) is 0 Å². The topological polar surface area (TPSA) is 59.7 Å². The Kier molecular flexibility index (Phi) is 4.81. The maximum absolute atomic E-state index is 12.5. The lowest BCUT2D eigenvalue weighted by molar-refractivity contribution is 0.0873. The first-order chi connectivity index (χ1) is 11.5. The van der Waals surface area contributed by atoms with Gasteiger partial charge in [0.1, 0.15) is 23.0 Å². The Balaban J connectivity index is 2.31. The van der Waals surface area contributed by atoms with Crippen LogP contribution < -0.4 is 5.63 Å². The van der Waals surface area contributed by atoms with Crippen molar-refractivity contribution in [3.63, 3.8) is 0 Å². The number of hydrogen-bond donors (Lipinski definition) is 1. The van der Waals surface area contributed by atoms with Crippen LogP contribution >= 0.6 is 23.2 Å². The van der Waals surface area contributed by atoms with Crippen molar-refractivity contribution in [2.75, 3.05) is 6.61 Å². The molecule has 0 saturated carbocycles. The third-order valence-electron chi connectivity index (χ3n) is 3.68. The summed E-state index contributed by atoms with van der Waals surface area (Å²) in [6, 6.07) is 11.7. The molecule has 0 amide bonds. The van der Waals surface area contributed by atoms with E-state index >= 15 is 0 Å². The molecule has 0 fully saturated rings. The Morgan fingerprint density at radius 2 is 1.75 bits per heavy atom. The predicted molar refractivity (Wildman–Crippen MR) is 94.1 cm³/mol. The van der Waals surface area contributed by atoms with E-state index in [0.29, 0.717) is 26.6 Å². The number of rotatable bonds is 4. The van der Waals surface area contributed by atoms with Gasteiger partial charge in [-0.25, -0.2) is 4.79 Å². The monoisotopic (exact) mass is 364 g/mol. The van der Waals surface area contributed by atoms with Gasteiger partial charge in [-0.3, -0.25) is 0 Å². The smallest absolute Gasteiger partial charge is 0.346 e. The summed E-state index contributed by atoms with van der Waals surface area (Å²) in [4.78, 5) is 12.5. The Hall–Kier alpha value is -2.01. The molecule has 4 nitrogen and oxygen atoms in total. The first-order valence-corrected chi connectivity index (χ1v) is 8.10. The van der Waals surface area contributed by atoms with Gasteiger partial charge in [-0.15, -0.1) is 0 Å². The molecule has 0 aliphatic carbocycles. The summed E-state index contributed by atoms with van der Waals surface area (Å²) < 4.78 is 11.0. The van der Waals surface area contributed by atoms with Crippen molar-refractivity contribution < 1.29 is 14.3 Å². The maximum Gasteiger partial charge on any atom is 0.346 e. The van der Waals surface area contributed by atoms with Crippen LogP contribution in [-0.2, 0) is 4.74 Å². The molecule has 3 rings (SSSR count). The Morgan fingerprint density at radius 3 is 2.42 bits per heavy atom. The predicted octanol–water partition coefficient (Wildman–Crippen LogP) is 4.93. The minimum atomic E-state index is -0.933. The van der Waals surface area contributed by atoms with Gasteiger partial charge in [0.2, 0.25) is 0 Å². The van der Waals surface area contributed by atoms with Gasteiger partial charge in [0, 0.05) is 22.2 Å². The molecule has 0 saturated heterocycles. The van der Waals surface area contributed by atoms with Crippen LogP contribution in [0.25, 0.3) is 11.0 Å². The Morgan fingerprint density at radius 1 is 1.08 bits per heavy atom. The minimum Gasteiger partial charge on any atom is -0.506 e. The van der Waals surface area contributed by atoms with Crippen molar-refractivity contribution in [2.45, 2.75) is 13.0 Å². The summed E-state index contributed by atoms with van der Waals surface area (Å²) in [5.41, 5.74) is -0.00370. The first kappa shape index (κ1) is 16.8. The van der Waals surface area contributed by atoms with Gasteiger partial charge in [-0.2, -0.15) is 0 Å². The number of hydrogen-bond acceptors (Lipinski definition) is 4. The van der Waals surface area contributed by atoms with Crippen molar-refractivity contribution in [3.05, 3.63) is 74.1 Å². The number of ether oxygens (including phenoxy) is 1. The van der Waals surface area contributed by atoms with Crippen molar-refractivity contribution in [1.82, 2.24) is 0 Å². The molecule has 1 aromatic heterocycles. The third-order valence-corrected chi connectivity index (χ3v) is 4.34. The minimum absolute atomic E-state index is 0.0226. The van der Waals surface area contributed by atoms with Crippen LogP contribution in [0, 0.1) is 0 Å². The van der Waals surface area contributed by atoms with Gasteiger partial charge in [0.15, 0.2) is 0 Å². The number of para-hydroxylation sites is 1. The standard InChI is InChI=1S/C18H14Cl2O4/c1-2-23-17(14-11(19)7-5-8-12(14)20)15-16(21)10-6-3-4-9-13(10)24-18(15)22/h3-9,17,21H,2H2,1H3. The van der Waals surface area contributed by atoms with Gasteiger partial charge >= 0.3 is 5.63 Å². The van der Waals surface area contributed by atoms with E-state index in [1.165, 1.54) is 0 Å². The molecule has 1 atom stereocenters. The van der Waals surface area contributed by atoms with Gasteiger partial charge in [0.05, 0.1) is 5.39 Å². The molecule has 24 heavy (non-hydrogen) atoms. The van der Waals surface area contributed by atoms with E-state index in [1.54, 1.807) is 49.4 Å². The van der Waals surface area contributed by atoms with Crippen molar-refractivity contribution in [2.24, 2.45) is 0 Å². The fraction of sp³-hybridized carbons (Fsp3) is 0.167. The summed E-state index contributed by atoms with van der Waals surface area (Å²) in [7, 11) is 0. The first-order valence-electron chi connectivity index (χ1n) is 7.34. The SMILES string of the molecule is CCOC(c1c(Cl)cccc1Cl)c1c(O)c2ccccc2oc1=O. The zero-order valence-electron chi connectivity index (χ0n) is 12.8. The van der Waals surface area contributed by atoms with E-state index in [-0.39, 0.29) is 17.9 Å². The Bertz CT molecular complexity index is 929. The fourth-order valence-corrected chi connectivity index (χ4v) is 3.21. The average molecular weight is 365 g/mol. The summed E-state index contributed by atoms with van der Waals surface area (Å²) in [6.45, 7) is 2.06. The lowest BCUT2D eigenvalue weighted by Gasteiger charge is -2.20.